The molecule has 1 fully saturated rings. The second kappa shape index (κ2) is 6.44. The lowest BCUT2D eigenvalue weighted by molar-refractivity contribution is -0.201. The third-order valence-electron chi connectivity index (χ3n) is 2.55. The summed E-state index contributed by atoms with van der Waals surface area (Å²) in [5, 5.41) is 0. The van der Waals surface area contributed by atoms with E-state index in [2.05, 4.69) is 10.5 Å². The predicted molar refractivity (Wildman–Crippen MR) is 62.2 cm³/mol. The molecule has 0 aromatic carbocycles. The summed E-state index contributed by atoms with van der Waals surface area (Å²) in [6.07, 6.45) is 3.01. The number of rotatable bonds is 4. The smallest absolute Gasteiger partial charge is 0.300 e. The third-order valence-corrected chi connectivity index (χ3v) is 2.55. The van der Waals surface area contributed by atoms with Crippen molar-refractivity contribution in [2.24, 2.45) is 0 Å². The molecule has 0 unspecified atom stereocenters. The maximum atomic E-state index is 11.6. The van der Waals surface area contributed by atoms with Gasteiger partial charge in [0, 0.05) is 12.4 Å². The fourth-order valence-corrected chi connectivity index (χ4v) is 1.54. The van der Waals surface area contributed by atoms with Crippen molar-refractivity contribution in [1.29, 1.82) is 0 Å². The Morgan fingerprint density at radius 3 is 2.78 bits per heavy atom. The lowest BCUT2D eigenvalue weighted by atomic mass is 10.2. The molecule has 1 N–H and O–H groups in total. The highest BCUT2D eigenvalue weighted by molar-refractivity contribution is 5.78. The van der Waals surface area contributed by atoms with Gasteiger partial charge in [-0.25, -0.2) is 5.48 Å². The summed E-state index contributed by atoms with van der Waals surface area (Å²) in [6, 6.07) is 3.65. The summed E-state index contributed by atoms with van der Waals surface area (Å²) in [7, 11) is 0. The molecule has 1 atom stereocenters. The van der Waals surface area contributed by atoms with E-state index in [9.17, 15) is 4.79 Å². The number of aromatic nitrogens is 1. The molecule has 1 aliphatic rings. The van der Waals surface area contributed by atoms with E-state index in [1.165, 1.54) is 0 Å². The fourth-order valence-electron chi connectivity index (χ4n) is 1.54. The second-order valence-electron chi connectivity index (χ2n) is 3.93. The van der Waals surface area contributed by atoms with Gasteiger partial charge in [0.1, 0.15) is 6.10 Å². The van der Waals surface area contributed by atoms with Gasteiger partial charge in [-0.15, -0.1) is 0 Å². The molecule has 2 rings (SSSR count). The average Bonchev–Trinajstić information content (AvgIpc) is 2.46. The van der Waals surface area contributed by atoms with Gasteiger partial charge < -0.3 is 9.47 Å². The topological polar surface area (TPSA) is 69.7 Å². The molecule has 0 aliphatic carbocycles. The van der Waals surface area contributed by atoms with Gasteiger partial charge in [-0.3, -0.25) is 14.6 Å². The van der Waals surface area contributed by atoms with Crippen LogP contribution in [0.4, 0.5) is 0 Å². The summed E-state index contributed by atoms with van der Waals surface area (Å²) >= 11 is 0. The molecule has 0 radical (unpaired) electrons. The average molecular weight is 252 g/mol. The Morgan fingerprint density at radius 2 is 2.11 bits per heavy atom. The van der Waals surface area contributed by atoms with Crippen LogP contribution in [0.2, 0.25) is 0 Å². The number of nitrogens with zero attached hydrogens (tertiary/aromatic N) is 1. The Kier molecular flexibility index (Phi) is 4.63. The van der Waals surface area contributed by atoms with Gasteiger partial charge in [-0.05, 0) is 31.0 Å². The summed E-state index contributed by atoms with van der Waals surface area (Å²) in [5.41, 5.74) is 3.27. The third kappa shape index (κ3) is 3.49. The van der Waals surface area contributed by atoms with Gasteiger partial charge in [0.05, 0.1) is 13.2 Å². The van der Waals surface area contributed by atoms with Crippen LogP contribution in [0, 0.1) is 0 Å². The predicted octanol–water partition coefficient (Wildman–Crippen LogP) is 0.953. The molecule has 0 bridgehead atoms. The molecule has 2 heterocycles. The van der Waals surface area contributed by atoms with Crippen molar-refractivity contribution in [3.8, 4) is 0 Å². The number of nitrogens with one attached hydrogen (secondary N) is 1. The molecule has 1 amide bonds. The maximum absolute atomic E-state index is 11.6. The number of hydrogen-bond acceptors (Lipinski definition) is 5. The van der Waals surface area contributed by atoms with Crippen LogP contribution in [0.5, 0.6) is 0 Å². The number of ether oxygens (including phenoxy) is 2. The molecule has 1 aliphatic heterocycles. The molecule has 98 valence electrons. The number of hydrogen-bond donors (Lipinski definition) is 1. The van der Waals surface area contributed by atoms with E-state index in [1.807, 2.05) is 19.1 Å². The van der Waals surface area contributed by atoms with Crippen molar-refractivity contribution in [2.45, 2.75) is 25.7 Å². The van der Waals surface area contributed by atoms with Gasteiger partial charge >= 0.3 is 0 Å². The van der Waals surface area contributed by atoms with Gasteiger partial charge in [0.2, 0.25) is 6.29 Å². The Balaban J connectivity index is 1.78. The highest BCUT2D eigenvalue weighted by atomic mass is 16.7. The van der Waals surface area contributed by atoms with Crippen LogP contribution >= 0.6 is 0 Å². The zero-order chi connectivity index (χ0) is 12.8. The molecule has 1 aromatic heterocycles. The van der Waals surface area contributed by atoms with Crippen molar-refractivity contribution in [1.82, 2.24) is 10.5 Å². The lowest BCUT2D eigenvalue weighted by Crippen LogP contribution is -2.41. The van der Waals surface area contributed by atoms with Crippen molar-refractivity contribution >= 4 is 5.91 Å². The lowest BCUT2D eigenvalue weighted by Gasteiger charge is -2.22. The summed E-state index contributed by atoms with van der Waals surface area (Å²) < 4.78 is 10.3. The minimum absolute atomic E-state index is 0.263. The quantitative estimate of drug-likeness (QED) is 0.808. The van der Waals surface area contributed by atoms with Crippen molar-refractivity contribution in [3.63, 3.8) is 0 Å². The van der Waals surface area contributed by atoms with Crippen LogP contribution in [0.25, 0.3) is 0 Å². The molecule has 6 nitrogen and oxygen atoms in total. The SMILES string of the molecule is C[C@H](ONC(=O)C1OCCCO1)c1ccncc1. The van der Waals surface area contributed by atoms with E-state index in [4.69, 9.17) is 14.3 Å². The van der Waals surface area contributed by atoms with Gasteiger partial charge in [-0.2, -0.15) is 0 Å². The van der Waals surface area contributed by atoms with Gasteiger partial charge in [0.25, 0.3) is 5.91 Å². The Hall–Kier alpha value is -1.50. The first-order valence-corrected chi connectivity index (χ1v) is 5.86. The Bertz CT molecular complexity index is 379. The molecule has 6 heteroatoms. The largest absolute Gasteiger partial charge is 0.344 e. The highest BCUT2D eigenvalue weighted by Gasteiger charge is 2.23. The summed E-state index contributed by atoms with van der Waals surface area (Å²) in [5.74, 6) is -0.421. The van der Waals surface area contributed by atoms with Crippen molar-refractivity contribution in [3.05, 3.63) is 30.1 Å². The van der Waals surface area contributed by atoms with Crippen LogP contribution in [-0.2, 0) is 19.1 Å². The van der Waals surface area contributed by atoms with Crippen molar-refractivity contribution < 1.29 is 19.1 Å². The fraction of sp³-hybridized carbons (Fsp3) is 0.500. The normalized spacial score (nSPS) is 18.3. The maximum Gasteiger partial charge on any atom is 0.300 e. The first-order chi connectivity index (χ1) is 8.77. The van der Waals surface area contributed by atoms with Crippen LogP contribution in [-0.4, -0.2) is 30.4 Å². The molecule has 1 saturated heterocycles. The van der Waals surface area contributed by atoms with Gasteiger partial charge in [0.15, 0.2) is 0 Å². The molecular formula is C12H16N2O4. The first-order valence-electron chi connectivity index (χ1n) is 5.86. The van der Waals surface area contributed by atoms with Crippen LogP contribution in [0.3, 0.4) is 0 Å². The van der Waals surface area contributed by atoms with Crippen molar-refractivity contribution in [2.75, 3.05) is 13.2 Å². The van der Waals surface area contributed by atoms with E-state index in [1.54, 1.807) is 12.4 Å². The van der Waals surface area contributed by atoms with E-state index < -0.39 is 12.2 Å². The molecular weight excluding hydrogens is 236 g/mol. The standard InChI is InChI=1S/C12H16N2O4/c1-9(10-3-5-13-6-4-10)18-14-11(15)12-16-7-2-8-17-12/h3-6,9,12H,2,7-8H2,1H3,(H,14,15)/t9-/m0/s1. The monoisotopic (exact) mass is 252 g/mol. The minimum atomic E-state index is -0.872. The van der Waals surface area contributed by atoms with E-state index in [-0.39, 0.29) is 6.10 Å². The molecule has 1 aromatic rings. The molecule has 0 spiro atoms. The van der Waals surface area contributed by atoms with Gasteiger partial charge in [-0.1, -0.05) is 0 Å². The number of carbonyl (C=O) groups excluding carboxylic acids is 1. The Morgan fingerprint density at radius 1 is 1.44 bits per heavy atom. The molecule has 18 heavy (non-hydrogen) atoms. The number of hydroxylamine groups is 1. The van der Waals surface area contributed by atoms with E-state index in [0.717, 1.165) is 12.0 Å². The number of carbonyl (C=O) groups is 1. The first kappa shape index (κ1) is 12.9. The van der Waals surface area contributed by atoms with Crippen LogP contribution in [0.1, 0.15) is 25.0 Å². The second-order valence-corrected chi connectivity index (χ2v) is 3.93. The van der Waals surface area contributed by atoms with Crippen LogP contribution in [0.15, 0.2) is 24.5 Å². The molecule has 0 saturated carbocycles. The Labute approximate surface area is 105 Å². The van der Waals surface area contributed by atoms with E-state index in [0.29, 0.717) is 13.2 Å². The number of pyridine rings is 1. The van der Waals surface area contributed by atoms with Crippen LogP contribution < -0.4 is 5.48 Å². The summed E-state index contributed by atoms with van der Waals surface area (Å²) in [4.78, 5) is 20.8. The number of amides is 1. The van der Waals surface area contributed by atoms with E-state index >= 15 is 0 Å². The minimum Gasteiger partial charge on any atom is -0.344 e. The highest BCUT2D eigenvalue weighted by Crippen LogP contribution is 2.14. The zero-order valence-corrected chi connectivity index (χ0v) is 10.2. The zero-order valence-electron chi connectivity index (χ0n) is 10.2. The summed E-state index contributed by atoms with van der Waals surface area (Å²) in [6.45, 7) is 2.88.